The van der Waals surface area contributed by atoms with E-state index in [9.17, 15) is 4.79 Å². The predicted octanol–water partition coefficient (Wildman–Crippen LogP) is 3.52. The van der Waals surface area contributed by atoms with Gasteiger partial charge in [0.1, 0.15) is 5.75 Å². The lowest BCUT2D eigenvalue weighted by Gasteiger charge is -2.06. The van der Waals surface area contributed by atoms with Gasteiger partial charge >= 0.3 is 5.97 Å². The number of hydrogen-bond acceptors (Lipinski definition) is 2. The van der Waals surface area contributed by atoms with Crippen LogP contribution in [0, 0.1) is 13.8 Å². The maximum atomic E-state index is 11.9. The lowest BCUT2D eigenvalue weighted by atomic mass is 10.1. The molecule has 2 aromatic carbocycles. The lowest BCUT2D eigenvalue weighted by molar-refractivity contribution is 0.0734. The van der Waals surface area contributed by atoms with Crippen LogP contribution in [0.15, 0.2) is 48.5 Å². The van der Waals surface area contributed by atoms with Crippen molar-refractivity contribution in [3.05, 3.63) is 65.2 Å². The van der Waals surface area contributed by atoms with E-state index in [1.807, 2.05) is 50.2 Å². The fourth-order valence-corrected chi connectivity index (χ4v) is 1.64. The fraction of sp³-hybridized carbons (Fsp3) is 0.133. The van der Waals surface area contributed by atoms with Crippen LogP contribution in [0.2, 0.25) is 0 Å². The van der Waals surface area contributed by atoms with Crippen LogP contribution in [0.5, 0.6) is 5.75 Å². The summed E-state index contributed by atoms with van der Waals surface area (Å²) in [4.78, 5) is 11.9. The van der Waals surface area contributed by atoms with Gasteiger partial charge in [0.05, 0.1) is 5.56 Å². The summed E-state index contributed by atoms with van der Waals surface area (Å²) in [5.41, 5.74) is 2.60. The Morgan fingerprint density at radius 2 is 1.76 bits per heavy atom. The largest absolute Gasteiger partial charge is 0.423 e. The molecule has 2 rings (SSSR count). The molecule has 0 aliphatic carbocycles. The standard InChI is InChI=1S/C15H14O2/c1-11-6-5-8-13(10-11)17-15(16)14-9-4-3-7-12(14)2/h3-10H,1-2H3. The van der Waals surface area contributed by atoms with Crippen LogP contribution in [-0.2, 0) is 0 Å². The minimum absolute atomic E-state index is 0.311. The zero-order chi connectivity index (χ0) is 12.3. The molecule has 86 valence electrons. The molecule has 0 fully saturated rings. The molecule has 0 bridgehead atoms. The van der Waals surface area contributed by atoms with Gasteiger partial charge in [-0.3, -0.25) is 0 Å². The molecule has 0 heterocycles. The van der Waals surface area contributed by atoms with Gasteiger partial charge in [-0.2, -0.15) is 0 Å². The van der Waals surface area contributed by atoms with Crippen LogP contribution in [0.4, 0.5) is 0 Å². The third-order valence-electron chi connectivity index (χ3n) is 2.57. The van der Waals surface area contributed by atoms with Gasteiger partial charge in [-0.05, 0) is 43.2 Å². The molecule has 0 amide bonds. The summed E-state index contributed by atoms with van der Waals surface area (Å²) in [5.74, 6) is 0.270. The van der Waals surface area contributed by atoms with Crippen molar-refractivity contribution < 1.29 is 9.53 Å². The van der Waals surface area contributed by atoms with Crippen molar-refractivity contribution in [3.8, 4) is 5.75 Å². The van der Waals surface area contributed by atoms with Crippen molar-refractivity contribution >= 4 is 5.97 Å². The molecule has 0 aliphatic heterocycles. The fourth-order valence-electron chi connectivity index (χ4n) is 1.64. The van der Waals surface area contributed by atoms with E-state index in [0.717, 1.165) is 11.1 Å². The first-order valence-corrected chi connectivity index (χ1v) is 5.51. The summed E-state index contributed by atoms with van der Waals surface area (Å²) in [5, 5.41) is 0. The first-order valence-electron chi connectivity index (χ1n) is 5.51. The summed E-state index contributed by atoms with van der Waals surface area (Å²) in [6, 6.07) is 14.9. The third-order valence-corrected chi connectivity index (χ3v) is 2.57. The number of carbonyl (C=O) groups is 1. The number of hydrogen-bond donors (Lipinski definition) is 0. The predicted molar refractivity (Wildman–Crippen MR) is 67.3 cm³/mol. The maximum absolute atomic E-state index is 11.9. The Balaban J connectivity index is 2.20. The van der Waals surface area contributed by atoms with Crippen molar-refractivity contribution in [3.63, 3.8) is 0 Å². The molecule has 0 N–H and O–H groups in total. The molecule has 0 saturated carbocycles. The molecule has 2 aromatic rings. The highest BCUT2D eigenvalue weighted by molar-refractivity contribution is 5.92. The van der Waals surface area contributed by atoms with E-state index >= 15 is 0 Å². The quantitative estimate of drug-likeness (QED) is 0.578. The van der Waals surface area contributed by atoms with Gasteiger partial charge in [-0.1, -0.05) is 30.3 Å². The van der Waals surface area contributed by atoms with Gasteiger partial charge in [-0.15, -0.1) is 0 Å². The highest BCUT2D eigenvalue weighted by Gasteiger charge is 2.10. The van der Waals surface area contributed by atoms with Crippen LogP contribution in [0.1, 0.15) is 21.5 Å². The number of carbonyl (C=O) groups excluding carboxylic acids is 1. The number of ether oxygens (including phenoxy) is 1. The molecule has 2 heteroatoms. The third kappa shape index (κ3) is 2.72. The second kappa shape index (κ2) is 4.83. The minimum atomic E-state index is -0.311. The summed E-state index contributed by atoms with van der Waals surface area (Å²) in [7, 11) is 0. The van der Waals surface area contributed by atoms with Gasteiger partial charge in [0.25, 0.3) is 0 Å². The van der Waals surface area contributed by atoms with Crippen LogP contribution in [0.25, 0.3) is 0 Å². The van der Waals surface area contributed by atoms with Crippen LogP contribution >= 0.6 is 0 Å². The Morgan fingerprint density at radius 3 is 2.47 bits per heavy atom. The normalized spacial score (nSPS) is 10.0. The first-order chi connectivity index (χ1) is 8.16. The van der Waals surface area contributed by atoms with E-state index in [2.05, 4.69) is 0 Å². The summed E-state index contributed by atoms with van der Waals surface area (Å²) >= 11 is 0. The summed E-state index contributed by atoms with van der Waals surface area (Å²) in [6.45, 7) is 3.86. The summed E-state index contributed by atoms with van der Waals surface area (Å²) in [6.07, 6.45) is 0. The molecular weight excluding hydrogens is 212 g/mol. The van der Waals surface area contributed by atoms with Crippen molar-refractivity contribution in [2.75, 3.05) is 0 Å². The molecule has 0 aromatic heterocycles. The van der Waals surface area contributed by atoms with Gasteiger partial charge in [0.15, 0.2) is 0 Å². The Hall–Kier alpha value is -2.09. The molecule has 17 heavy (non-hydrogen) atoms. The van der Waals surface area contributed by atoms with Crippen LogP contribution < -0.4 is 4.74 Å². The Bertz CT molecular complexity index is 544. The highest BCUT2D eigenvalue weighted by Crippen LogP contribution is 2.16. The molecule has 0 atom stereocenters. The molecule has 0 radical (unpaired) electrons. The zero-order valence-electron chi connectivity index (χ0n) is 9.94. The van der Waals surface area contributed by atoms with Crippen LogP contribution in [-0.4, -0.2) is 5.97 Å². The first kappa shape index (κ1) is 11.4. The van der Waals surface area contributed by atoms with E-state index in [0.29, 0.717) is 11.3 Å². The van der Waals surface area contributed by atoms with Crippen molar-refractivity contribution in [2.45, 2.75) is 13.8 Å². The minimum Gasteiger partial charge on any atom is -0.423 e. The maximum Gasteiger partial charge on any atom is 0.343 e. The Morgan fingerprint density at radius 1 is 1.00 bits per heavy atom. The van der Waals surface area contributed by atoms with E-state index in [4.69, 9.17) is 4.74 Å². The zero-order valence-corrected chi connectivity index (χ0v) is 9.94. The second-order valence-electron chi connectivity index (χ2n) is 4.02. The molecule has 0 saturated heterocycles. The Kier molecular flexibility index (Phi) is 3.24. The van der Waals surface area contributed by atoms with Gasteiger partial charge in [0.2, 0.25) is 0 Å². The lowest BCUT2D eigenvalue weighted by Crippen LogP contribution is -2.10. The number of aryl methyl sites for hydroxylation is 2. The molecule has 0 spiro atoms. The van der Waals surface area contributed by atoms with E-state index in [1.165, 1.54) is 0 Å². The topological polar surface area (TPSA) is 26.3 Å². The molecule has 0 unspecified atom stereocenters. The second-order valence-corrected chi connectivity index (χ2v) is 4.02. The monoisotopic (exact) mass is 226 g/mol. The summed E-state index contributed by atoms with van der Waals surface area (Å²) < 4.78 is 5.32. The number of rotatable bonds is 2. The van der Waals surface area contributed by atoms with Gasteiger partial charge in [-0.25, -0.2) is 4.79 Å². The molecule has 2 nitrogen and oxygen atoms in total. The van der Waals surface area contributed by atoms with Gasteiger partial charge in [0, 0.05) is 0 Å². The highest BCUT2D eigenvalue weighted by atomic mass is 16.5. The molecular formula is C15H14O2. The van der Waals surface area contributed by atoms with E-state index in [1.54, 1.807) is 12.1 Å². The smallest absolute Gasteiger partial charge is 0.343 e. The average molecular weight is 226 g/mol. The van der Waals surface area contributed by atoms with Gasteiger partial charge < -0.3 is 4.74 Å². The van der Waals surface area contributed by atoms with Crippen molar-refractivity contribution in [1.29, 1.82) is 0 Å². The van der Waals surface area contributed by atoms with Crippen LogP contribution in [0.3, 0.4) is 0 Å². The molecule has 0 aliphatic rings. The average Bonchev–Trinajstić information content (AvgIpc) is 2.29. The van der Waals surface area contributed by atoms with E-state index < -0.39 is 0 Å². The van der Waals surface area contributed by atoms with Crippen molar-refractivity contribution in [2.24, 2.45) is 0 Å². The SMILES string of the molecule is Cc1cccc(OC(=O)c2ccccc2C)c1. The Labute approximate surface area is 101 Å². The number of benzene rings is 2. The number of esters is 1. The van der Waals surface area contributed by atoms with E-state index in [-0.39, 0.29) is 5.97 Å². The van der Waals surface area contributed by atoms with Crippen molar-refractivity contribution in [1.82, 2.24) is 0 Å².